The highest BCUT2D eigenvalue weighted by Crippen LogP contribution is 2.28. The summed E-state index contributed by atoms with van der Waals surface area (Å²) in [6.45, 7) is 3.82. The molecule has 4 nitrogen and oxygen atoms in total. The lowest BCUT2D eigenvalue weighted by atomic mass is 9.96. The molecule has 1 saturated heterocycles. The van der Waals surface area contributed by atoms with Gasteiger partial charge in [0.05, 0.1) is 5.92 Å². The maximum atomic E-state index is 11.7. The summed E-state index contributed by atoms with van der Waals surface area (Å²) in [6, 6.07) is 5.97. The number of amides is 1. The van der Waals surface area contributed by atoms with Crippen LogP contribution in [-0.4, -0.2) is 26.0 Å². The number of nitrogens with zero attached hydrogens (tertiary/aromatic N) is 1. The van der Waals surface area contributed by atoms with E-state index in [1.54, 1.807) is 7.05 Å². The zero-order valence-corrected chi connectivity index (χ0v) is 11.1. The predicted octanol–water partition coefficient (Wildman–Crippen LogP) is 1.54. The minimum atomic E-state index is 0.0876. The van der Waals surface area contributed by atoms with Crippen molar-refractivity contribution >= 4 is 17.3 Å². The van der Waals surface area contributed by atoms with Gasteiger partial charge in [0.2, 0.25) is 5.91 Å². The highest BCUT2D eigenvalue weighted by atomic mass is 16.1. The van der Waals surface area contributed by atoms with Crippen LogP contribution in [0.1, 0.15) is 18.4 Å². The second kappa shape index (κ2) is 5.29. The van der Waals surface area contributed by atoms with Gasteiger partial charge in [0.25, 0.3) is 0 Å². The lowest BCUT2D eigenvalue weighted by Crippen LogP contribution is -2.42. The summed E-state index contributed by atoms with van der Waals surface area (Å²) in [6.07, 6.45) is 2.02. The van der Waals surface area contributed by atoms with Gasteiger partial charge in [0.15, 0.2) is 0 Å². The Morgan fingerprint density at radius 2 is 2.28 bits per heavy atom. The van der Waals surface area contributed by atoms with Gasteiger partial charge in [0.1, 0.15) is 0 Å². The number of carbonyl (C=O) groups is 1. The van der Waals surface area contributed by atoms with E-state index in [4.69, 9.17) is 5.73 Å². The smallest absolute Gasteiger partial charge is 0.224 e. The van der Waals surface area contributed by atoms with Gasteiger partial charge in [-0.2, -0.15) is 0 Å². The van der Waals surface area contributed by atoms with Gasteiger partial charge in [0, 0.05) is 31.5 Å². The van der Waals surface area contributed by atoms with Crippen LogP contribution < -0.4 is 16.0 Å². The second-order valence-electron chi connectivity index (χ2n) is 4.89. The van der Waals surface area contributed by atoms with Crippen molar-refractivity contribution in [3.8, 4) is 0 Å². The third-order valence-corrected chi connectivity index (χ3v) is 3.73. The van der Waals surface area contributed by atoms with Crippen LogP contribution in [0.2, 0.25) is 0 Å². The SMILES string of the molecule is CNC(=O)C1CCCN(c2cccc(N)c2C)C1. The van der Waals surface area contributed by atoms with Crippen molar-refractivity contribution in [2.75, 3.05) is 30.8 Å². The molecule has 2 rings (SSSR count). The number of rotatable bonds is 2. The molecule has 0 saturated carbocycles. The van der Waals surface area contributed by atoms with Crippen molar-refractivity contribution in [3.63, 3.8) is 0 Å². The predicted molar refractivity (Wildman–Crippen MR) is 74.6 cm³/mol. The van der Waals surface area contributed by atoms with Crippen LogP contribution in [0.25, 0.3) is 0 Å². The van der Waals surface area contributed by atoms with Gasteiger partial charge in [-0.25, -0.2) is 0 Å². The van der Waals surface area contributed by atoms with Crippen LogP contribution in [0.4, 0.5) is 11.4 Å². The minimum Gasteiger partial charge on any atom is -0.398 e. The highest BCUT2D eigenvalue weighted by molar-refractivity contribution is 5.79. The Labute approximate surface area is 108 Å². The molecular weight excluding hydrogens is 226 g/mol. The first-order valence-corrected chi connectivity index (χ1v) is 6.45. The molecule has 0 spiro atoms. The zero-order chi connectivity index (χ0) is 13.1. The number of piperidine rings is 1. The number of carbonyl (C=O) groups excluding carboxylic acids is 1. The van der Waals surface area contributed by atoms with Gasteiger partial charge in [-0.05, 0) is 37.5 Å². The summed E-state index contributed by atoms with van der Waals surface area (Å²) in [5.41, 5.74) is 9.02. The van der Waals surface area contributed by atoms with Crippen molar-refractivity contribution < 1.29 is 4.79 Å². The Hall–Kier alpha value is -1.71. The molecule has 0 bridgehead atoms. The topological polar surface area (TPSA) is 58.4 Å². The van der Waals surface area contributed by atoms with Crippen LogP contribution >= 0.6 is 0 Å². The number of nitrogen functional groups attached to an aromatic ring is 1. The average Bonchev–Trinajstić information content (AvgIpc) is 2.41. The van der Waals surface area contributed by atoms with Crippen LogP contribution in [0.3, 0.4) is 0 Å². The van der Waals surface area contributed by atoms with E-state index in [2.05, 4.69) is 16.3 Å². The zero-order valence-electron chi connectivity index (χ0n) is 11.1. The van der Waals surface area contributed by atoms with Crippen LogP contribution in [-0.2, 0) is 4.79 Å². The van der Waals surface area contributed by atoms with Gasteiger partial charge in [-0.15, -0.1) is 0 Å². The van der Waals surface area contributed by atoms with Crippen molar-refractivity contribution in [1.82, 2.24) is 5.32 Å². The lowest BCUT2D eigenvalue weighted by Gasteiger charge is -2.34. The second-order valence-corrected chi connectivity index (χ2v) is 4.89. The Kier molecular flexibility index (Phi) is 3.75. The number of benzene rings is 1. The molecule has 1 aliphatic rings. The molecular formula is C14H21N3O. The molecule has 1 unspecified atom stereocenters. The summed E-state index contributed by atoms with van der Waals surface area (Å²) in [5.74, 6) is 0.228. The number of hydrogen-bond acceptors (Lipinski definition) is 3. The van der Waals surface area contributed by atoms with Crippen LogP contribution in [0.15, 0.2) is 18.2 Å². The van der Waals surface area contributed by atoms with Crippen molar-refractivity contribution in [2.45, 2.75) is 19.8 Å². The minimum absolute atomic E-state index is 0.0876. The summed E-state index contributed by atoms with van der Waals surface area (Å²) in [4.78, 5) is 14.0. The Morgan fingerprint density at radius 3 is 3.00 bits per heavy atom. The average molecular weight is 247 g/mol. The van der Waals surface area contributed by atoms with Gasteiger partial charge >= 0.3 is 0 Å². The van der Waals surface area contributed by atoms with Crippen molar-refractivity contribution in [2.24, 2.45) is 5.92 Å². The number of nitrogens with two attached hydrogens (primary N) is 1. The van der Waals surface area contributed by atoms with E-state index in [0.29, 0.717) is 0 Å². The maximum Gasteiger partial charge on any atom is 0.224 e. The molecule has 0 radical (unpaired) electrons. The van der Waals surface area contributed by atoms with E-state index in [9.17, 15) is 4.79 Å². The number of nitrogens with one attached hydrogen (secondary N) is 1. The molecule has 1 atom stereocenters. The summed E-state index contributed by atoms with van der Waals surface area (Å²) >= 11 is 0. The molecule has 1 aliphatic heterocycles. The fourth-order valence-electron chi connectivity index (χ4n) is 2.60. The van der Waals surface area contributed by atoms with Gasteiger partial charge < -0.3 is 16.0 Å². The van der Waals surface area contributed by atoms with Crippen molar-refractivity contribution in [3.05, 3.63) is 23.8 Å². The third kappa shape index (κ3) is 2.42. The van der Waals surface area contributed by atoms with Crippen molar-refractivity contribution in [1.29, 1.82) is 0 Å². The summed E-state index contributed by atoms with van der Waals surface area (Å²) in [7, 11) is 1.70. The van der Waals surface area contributed by atoms with Gasteiger partial charge in [-0.3, -0.25) is 4.79 Å². The maximum absolute atomic E-state index is 11.7. The first-order chi connectivity index (χ1) is 8.63. The fraction of sp³-hybridized carbons (Fsp3) is 0.500. The normalized spacial score (nSPS) is 19.7. The molecule has 4 heteroatoms. The number of anilines is 2. The van der Waals surface area contributed by atoms with E-state index in [0.717, 1.165) is 42.9 Å². The molecule has 98 valence electrons. The Morgan fingerprint density at radius 1 is 1.50 bits per heavy atom. The molecule has 3 N–H and O–H groups in total. The third-order valence-electron chi connectivity index (χ3n) is 3.73. The lowest BCUT2D eigenvalue weighted by molar-refractivity contribution is -0.124. The Balaban J connectivity index is 2.18. The molecule has 0 aliphatic carbocycles. The first-order valence-electron chi connectivity index (χ1n) is 6.45. The van der Waals surface area contributed by atoms with E-state index in [-0.39, 0.29) is 11.8 Å². The van der Waals surface area contributed by atoms with E-state index in [1.165, 1.54) is 0 Å². The molecule has 0 aromatic heterocycles. The number of hydrogen-bond donors (Lipinski definition) is 2. The van der Waals surface area contributed by atoms with E-state index in [1.807, 2.05) is 19.1 Å². The Bertz CT molecular complexity index is 445. The largest absolute Gasteiger partial charge is 0.398 e. The summed E-state index contributed by atoms with van der Waals surface area (Å²) < 4.78 is 0. The molecule has 1 amide bonds. The first kappa shape index (κ1) is 12.7. The molecule has 1 aromatic carbocycles. The standard InChI is InChI=1S/C14H21N3O/c1-10-12(15)6-3-7-13(10)17-8-4-5-11(9-17)14(18)16-2/h3,6-7,11H,4-5,8-9,15H2,1-2H3,(H,16,18). The van der Waals surface area contributed by atoms with Crippen LogP contribution in [0.5, 0.6) is 0 Å². The van der Waals surface area contributed by atoms with E-state index >= 15 is 0 Å². The molecule has 18 heavy (non-hydrogen) atoms. The van der Waals surface area contributed by atoms with Gasteiger partial charge in [-0.1, -0.05) is 6.07 Å². The molecule has 1 aromatic rings. The summed E-state index contributed by atoms with van der Waals surface area (Å²) in [5, 5.41) is 2.74. The fourth-order valence-corrected chi connectivity index (χ4v) is 2.60. The monoisotopic (exact) mass is 247 g/mol. The highest BCUT2D eigenvalue weighted by Gasteiger charge is 2.25. The van der Waals surface area contributed by atoms with E-state index < -0.39 is 0 Å². The molecule has 1 heterocycles. The quantitative estimate of drug-likeness (QED) is 0.779. The molecule has 1 fully saturated rings. The van der Waals surface area contributed by atoms with Crippen LogP contribution in [0, 0.1) is 12.8 Å².